The van der Waals surface area contributed by atoms with Gasteiger partial charge in [-0.2, -0.15) is 10.4 Å². The van der Waals surface area contributed by atoms with Gasteiger partial charge in [-0.1, -0.05) is 42.5 Å². The number of hydrogen-bond acceptors (Lipinski definition) is 7. The summed E-state index contributed by atoms with van der Waals surface area (Å²) in [7, 11) is 3.92. The third-order valence-electron chi connectivity index (χ3n) is 6.86. The van der Waals surface area contributed by atoms with Crippen LogP contribution >= 0.6 is 0 Å². The number of anilines is 1. The molecule has 0 aliphatic heterocycles. The molecule has 0 radical (unpaired) electrons. The SMILES string of the molecule is CN(C)CCCOC(=O)c1ccc2c(c1)-c1c(c(C(=O)C(C#N)C(=O)Nc3ccccc3)nn1-c1ccccc1)C2. The summed E-state index contributed by atoms with van der Waals surface area (Å²) in [5.74, 6) is -3.42. The first kappa shape index (κ1) is 27.5. The second kappa shape index (κ2) is 12.0. The van der Waals surface area contributed by atoms with E-state index < -0.39 is 23.6 Å². The minimum Gasteiger partial charge on any atom is -0.462 e. The number of aromatic nitrogens is 2. The highest BCUT2D eigenvalue weighted by Crippen LogP contribution is 2.41. The van der Waals surface area contributed by atoms with E-state index in [0.717, 1.165) is 24.1 Å². The van der Waals surface area contributed by atoms with Crippen molar-refractivity contribution in [3.63, 3.8) is 0 Å². The molecule has 0 fully saturated rings. The van der Waals surface area contributed by atoms with Crippen LogP contribution in [0.2, 0.25) is 0 Å². The van der Waals surface area contributed by atoms with Gasteiger partial charge < -0.3 is 15.0 Å². The summed E-state index contributed by atoms with van der Waals surface area (Å²) in [5, 5.41) is 17.1. The molecule has 0 saturated heterocycles. The molecular weight excluding hydrogens is 518 g/mol. The number of ketones is 1. The lowest BCUT2D eigenvalue weighted by atomic mass is 9.98. The number of rotatable bonds is 10. The van der Waals surface area contributed by atoms with Crippen LogP contribution < -0.4 is 5.32 Å². The molecule has 1 heterocycles. The zero-order valence-corrected chi connectivity index (χ0v) is 22.8. The van der Waals surface area contributed by atoms with Crippen molar-refractivity contribution < 1.29 is 19.1 Å². The zero-order valence-electron chi connectivity index (χ0n) is 22.8. The third-order valence-corrected chi connectivity index (χ3v) is 6.86. The van der Waals surface area contributed by atoms with E-state index in [1.807, 2.05) is 61.5 Å². The van der Waals surface area contributed by atoms with E-state index in [0.29, 0.717) is 41.2 Å². The van der Waals surface area contributed by atoms with Gasteiger partial charge in [-0.15, -0.1) is 0 Å². The highest BCUT2D eigenvalue weighted by Gasteiger charge is 2.37. The van der Waals surface area contributed by atoms with Crippen molar-refractivity contribution >= 4 is 23.3 Å². The van der Waals surface area contributed by atoms with Crippen LogP contribution in [0.5, 0.6) is 0 Å². The molecular formula is C32H29N5O4. The summed E-state index contributed by atoms with van der Waals surface area (Å²) >= 11 is 0. The molecule has 1 aromatic heterocycles. The molecule has 41 heavy (non-hydrogen) atoms. The van der Waals surface area contributed by atoms with E-state index >= 15 is 0 Å². The number of fused-ring (bicyclic) bond motifs is 3. The molecule has 1 aliphatic rings. The molecule has 1 N–H and O–H groups in total. The maximum atomic E-state index is 13.7. The minimum atomic E-state index is -1.59. The molecule has 9 nitrogen and oxygen atoms in total. The Balaban J connectivity index is 1.49. The summed E-state index contributed by atoms with van der Waals surface area (Å²) in [6.45, 7) is 1.11. The van der Waals surface area contributed by atoms with Gasteiger partial charge in [0.25, 0.3) is 0 Å². The van der Waals surface area contributed by atoms with Crippen LogP contribution in [-0.4, -0.2) is 59.6 Å². The number of nitrogens with one attached hydrogen (secondary N) is 1. The van der Waals surface area contributed by atoms with Gasteiger partial charge in [0.2, 0.25) is 11.7 Å². The van der Waals surface area contributed by atoms with E-state index in [2.05, 4.69) is 10.4 Å². The molecule has 1 aliphatic carbocycles. The Hall–Kier alpha value is -5.07. The Morgan fingerprint density at radius 2 is 1.76 bits per heavy atom. The number of para-hydroxylation sites is 2. The average molecular weight is 548 g/mol. The van der Waals surface area contributed by atoms with Gasteiger partial charge in [0.1, 0.15) is 5.69 Å². The van der Waals surface area contributed by atoms with Crippen LogP contribution in [0.1, 0.15) is 38.4 Å². The number of carbonyl (C=O) groups excluding carboxylic acids is 3. The Morgan fingerprint density at radius 3 is 2.44 bits per heavy atom. The van der Waals surface area contributed by atoms with Crippen molar-refractivity contribution in [3.05, 3.63) is 101 Å². The Bertz CT molecular complexity index is 1640. The van der Waals surface area contributed by atoms with Crippen molar-refractivity contribution in [2.24, 2.45) is 5.92 Å². The van der Waals surface area contributed by atoms with E-state index in [-0.39, 0.29) is 5.69 Å². The number of nitrogens with zero attached hydrogens (tertiary/aromatic N) is 4. The zero-order chi connectivity index (χ0) is 28.9. The summed E-state index contributed by atoms with van der Waals surface area (Å²) in [6.07, 6.45) is 1.09. The molecule has 1 atom stereocenters. The van der Waals surface area contributed by atoms with Crippen molar-refractivity contribution in [1.82, 2.24) is 14.7 Å². The molecule has 5 rings (SSSR count). The number of hydrogen-bond donors (Lipinski definition) is 1. The van der Waals surface area contributed by atoms with Gasteiger partial charge in [0, 0.05) is 29.8 Å². The number of carbonyl (C=O) groups is 3. The second-order valence-corrected chi connectivity index (χ2v) is 10.0. The van der Waals surface area contributed by atoms with Crippen molar-refractivity contribution in [2.45, 2.75) is 12.8 Å². The number of amides is 1. The topological polar surface area (TPSA) is 117 Å². The van der Waals surface area contributed by atoms with Crippen molar-refractivity contribution in [3.8, 4) is 23.0 Å². The van der Waals surface area contributed by atoms with Gasteiger partial charge in [0.05, 0.1) is 29.6 Å². The first-order chi connectivity index (χ1) is 19.9. The molecule has 206 valence electrons. The predicted octanol–water partition coefficient (Wildman–Crippen LogP) is 4.51. The van der Waals surface area contributed by atoms with Crippen LogP contribution in [0.3, 0.4) is 0 Å². The lowest BCUT2D eigenvalue weighted by molar-refractivity contribution is -0.117. The maximum Gasteiger partial charge on any atom is 0.338 e. The van der Waals surface area contributed by atoms with Crippen molar-refractivity contribution in [2.75, 3.05) is 32.6 Å². The standard InChI is InChI=1S/C32H29N5O4/c1-36(2)16-9-17-41-32(40)22-15-14-21-18-26-28(30(38)27(20-33)31(39)34-23-10-5-3-6-11-23)35-37(29(26)25(21)19-22)24-12-7-4-8-13-24/h3-8,10-15,19,27H,9,16-18H2,1-2H3,(H,34,39). The molecule has 3 aromatic carbocycles. The normalized spacial score (nSPS) is 12.2. The molecule has 1 unspecified atom stereocenters. The number of ether oxygens (including phenoxy) is 1. The van der Waals surface area contributed by atoms with Crippen LogP contribution in [0.15, 0.2) is 78.9 Å². The molecule has 9 heteroatoms. The van der Waals surface area contributed by atoms with Crippen LogP contribution in [0.4, 0.5) is 5.69 Å². The number of Topliss-reactive ketones (excluding diaryl/α,β-unsaturated/α-hetero) is 1. The van der Waals surface area contributed by atoms with Crippen LogP contribution in [0, 0.1) is 17.2 Å². The molecule has 0 bridgehead atoms. The third kappa shape index (κ3) is 5.78. The average Bonchev–Trinajstić information content (AvgIpc) is 3.53. The fourth-order valence-corrected chi connectivity index (χ4v) is 4.85. The Morgan fingerprint density at radius 1 is 1.05 bits per heavy atom. The lowest BCUT2D eigenvalue weighted by Crippen LogP contribution is -2.29. The van der Waals surface area contributed by atoms with Gasteiger partial charge in [-0.25, -0.2) is 9.48 Å². The molecule has 1 amide bonds. The Kier molecular flexibility index (Phi) is 8.04. The summed E-state index contributed by atoms with van der Waals surface area (Å²) in [6, 6.07) is 25.1. The number of esters is 1. The van der Waals surface area contributed by atoms with E-state index in [1.54, 1.807) is 47.1 Å². The molecule has 0 saturated carbocycles. The summed E-state index contributed by atoms with van der Waals surface area (Å²) in [4.78, 5) is 41.5. The second-order valence-electron chi connectivity index (χ2n) is 10.0. The summed E-state index contributed by atoms with van der Waals surface area (Å²) < 4.78 is 7.13. The highest BCUT2D eigenvalue weighted by molar-refractivity contribution is 6.16. The van der Waals surface area contributed by atoms with Gasteiger partial charge in [-0.3, -0.25) is 9.59 Å². The minimum absolute atomic E-state index is 0.0580. The van der Waals surface area contributed by atoms with Gasteiger partial charge in [-0.05, 0) is 62.5 Å². The first-order valence-electron chi connectivity index (χ1n) is 13.3. The van der Waals surface area contributed by atoms with Crippen molar-refractivity contribution in [1.29, 1.82) is 5.26 Å². The first-order valence-corrected chi connectivity index (χ1v) is 13.3. The number of benzene rings is 3. The fraction of sp³-hybridized carbons (Fsp3) is 0.219. The van der Waals surface area contributed by atoms with Gasteiger partial charge in [0.15, 0.2) is 5.92 Å². The Labute approximate surface area is 238 Å². The van der Waals surface area contributed by atoms with Crippen LogP contribution in [0.25, 0.3) is 16.9 Å². The highest BCUT2D eigenvalue weighted by atomic mass is 16.5. The predicted molar refractivity (Wildman–Crippen MR) is 154 cm³/mol. The quantitative estimate of drug-likeness (QED) is 0.118. The lowest BCUT2D eigenvalue weighted by Gasteiger charge is -2.11. The van der Waals surface area contributed by atoms with Crippen LogP contribution in [-0.2, 0) is 16.0 Å². The van der Waals surface area contributed by atoms with E-state index in [1.165, 1.54) is 0 Å². The fourth-order valence-electron chi connectivity index (χ4n) is 4.85. The molecule has 0 spiro atoms. The van der Waals surface area contributed by atoms with Gasteiger partial charge >= 0.3 is 5.97 Å². The van der Waals surface area contributed by atoms with E-state index in [9.17, 15) is 19.6 Å². The monoisotopic (exact) mass is 547 g/mol. The maximum absolute atomic E-state index is 13.7. The van der Waals surface area contributed by atoms with E-state index in [4.69, 9.17) is 4.74 Å². The number of nitriles is 1. The molecule has 4 aromatic rings. The summed E-state index contributed by atoms with van der Waals surface area (Å²) in [5.41, 5.74) is 4.56. The largest absolute Gasteiger partial charge is 0.462 e. The smallest absolute Gasteiger partial charge is 0.338 e.